The molecule has 1 aliphatic heterocycles. The summed E-state index contributed by atoms with van der Waals surface area (Å²) in [6.45, 7) is 0.906. The van der Waals surface area contributed by atoms with E-state index in [-0.39, 0.29) is 29.9 Å². The highest BCUT2D eigenvalue weighted by molar-refractivity contribution is 7.92. The lowest BCUT2D eigenvalue weighted by Gasteiger charge is -2.35. The highest BCUT2D eigenvalue weighted by Crippen LogP contribution is 2.54. The predicted molar refractivity (Wildman–Crippen MR) is 138 cm³/mol. The molecule has 206 valence electrons. The van der Waals surface area contributed by atoms with Gasteiger partial charge < -0.3 is 15.3 Å². The first-order chi connectivity index (χ1) is 18.0. The van der Waals surface area contributed by atoms with Crippen LogP contribution in [0.15, 0.2) is 35.1 Å². The second-order valence-electron chi connectivity index (χ2n) is 10.6. The number of carbonyl (C=O) groups is 1. The highest BCUT2D eigenvalue weighted by atomic mass is 32.2. The molecule has 1 atom stereocenters. The van der Waals surface area contributed by atoms with Crippen molar-refractivity contribution >= 4 is 33.1 Å². The summed E-state index contributed by atoms with van der Waals surface area (Å²) >= 11 is 0. The van der Waals surface area contributed by atoms with Gasteiger partial charge in [-0.05, 0) is 61.8 Å². The third-order valence-corrected chi connectivity index (χ3v) is 9.05. The fourth-order valence-corrected chi connectivity index (χ4v) is 6.20. The number of halogens is 2. The average Bonchev–Trinajstić information content (AvgIpc) is 3.51. The van der Waals surface area contributed by atoms with Crippen LogP contribution in [-0.4, -0.2) is 60.6 Å². The van der Waals surface area contributed by atoms with Crippen LogP contribution in [0.2, 0.25) is 0 Å². The Kier molecular flexibility index (Phi) is 6.93. The van der Waals surface area contributed by atoms with Crippen LogP contribution in [0.25, 0.3) is 0 Å². The smallest absolute Gasteiger partial charge is 0.267 e. The van der Waals surface area contributed by atoms with Crippen molar-refractivity contribution in [1.29, 1.82) is 0 Å². The van der Waals surface area contributed by atoms with Gasteiger partial charge in [-0.25, -0.2) is 21.9 Å². The fourth-order valence-electron chi connectivity index (χ4n) is 5.37. The topological polar surface area (TPSA) is 134 Å². The van der Waals surface area contributed by atoms with E-state index in [4.69, 9.17) is 5.11 Å². The summed E-state index contributed by atoms with van der Waals surface area (Å²) in [7, 11) is -3.76. The second-order valence-corrected chi connectivity index (χ2v) is 12.4. The summed E-state index contributed by atoms with van der Waals surface area (Å²) in [4.78, 5) is 27.7. The Morgan fingerprint density at radius 3 is 2.47 bits per heavy atom. The lowest BCUT2D eigenvalue weighted by molar-refractivity contribution is 0.00500. The van der Waals surface area contributed by atoms with Crippen LogP contribution in [0.5, 0.6) is 0 Å². The number of alkyl halides is 2. The van der Waals surface area contributed by atoms with Crippen LogP contribution in [0.4, 0.5) is 26.0 Å². The number of nitrogens with zero attached hydrogens (tertiary/aromatic N) is 3. The minimum Gasteiger partial charge on any atom is -0.395 e. The number of amides is 1. The first kappa shape index (κ1) is 26.5. The molecular formula is C25H31F2N5O5S. The Bertz CT molecular complexity index is 1380. The third kappa shape index (κ3) is 5.83. The molecular weight excluding hydrogens is 520 g/mol. The Labute approximate surface area is 219 Å². The summed E-state index contributed by atoms with van der Waals surface area (Å²) in [5, 5.41) is 15.9. The molecule has 1 spiro atoms. The molecule has 3 fully saturated rings. The van der Waals surface area contributed by atoms with E-state index < -0.39 is 52.2 Å². The molecule has 5 rings (SSSR count). The van der Waals surface area contributed by atoms with Crippen molar-refractivity contribution in [2.24, 2.45) is 5.41 Å². The maximum absolute atomic E-state index is 13.7. The normalized spacial score (nSPS) is 21.9. The number of hydrogen-bond acceptors (Lipinski definition) is 7. The van der Waals surface area contributed by atoms with Gasteiger partial charge in [-0.2, -0.15) is 5.10 Å². The minimum atomic E-state index is -3.76. The molecule has 3 aliphatic rings. The molecule has 13 heteroatoms. The summed E-state index contributed by atoms with van der Waals surface area (Å²) in [5.41, 5.74) is 0.965. The van der Waals surface area contributed by atoms with Gasteiger partial charge >= 0.3 is 0 Å². The molecule has 0 radical (unpaired) electrons. The van der Waals surface area contributed by atoms with Crippen molar-refractivity contribution in [3.8, 4) is 0 Å². The van der Waals surface area contributed by atoms with E-state index >= 15 is 0 Å². The SMILES string of the molecule is O=C(Nc1ccc(=O)n(C2CCC(F)(F)C2)n1)c1ccc(NS(=O)(=O)CCO)cc1N1CCC2(CC1)CC2. The number of carbonyl (C=O) groups excluding carboxylic acids is 1. The van der Waals surface area contributed by atoms with E-state index in [0.29, 0.717) is 24.2 Å². The molecule has 2 aliphatic carbocycles. The van der Waals surface area contributed by atoms with Crippen LogP contribution in [0.3, 0.4) is 0 Å². The molecule has 2 saturated carbocycles. The zero-order chi connectivity index (χ0) is 27.1. The molecule has 0 bridgehead atoms. The molecule has 38 heavy (non-hydrogen) atoms. The maximum Gasteiger partial charge on any atom is 0.267 e. The standard InChI is InChI=1S/C25H31F2N5O5S/c26-25(27)6-5-18(16-25)32-22(34)4-3-21(29-32)28-23(35)19-2-1-17(30-38(36,37)14-13-33)15-20(19)31-11-9-24(7-8-24)10-12-31/h1-4,15,18,30,33H,5-14,16H2,(H,28,29,35). The van der Waals surface area contributed by atoms with Gasteiger partial charge in [0.25, 0.3) is 11.5 Å². The van der Waals surface area contributed by atoms with Crippen LogP contribution >= 0.6 is 0 Å². The van der Waals surface area contributed by atoms with Crippen molar-refractivity contribution < 1.29 is 27.1 Å². The van der Waals surface area contributed by atoms with E-state index in [1.165, 1.54) is 37.1 Å². The molecule has 1 saturated heterocycles. The number of sulfonamides is 1. The summed E-state index contributed by atoms with van der Waals surface area (Å²) < 4.78 is 55.3. The fraction of sp³-hybridized carbons (Fsp3) is 0.560. The quantitative estimate of drug-likeness (QED) is 0.459. The number of hydrogen-bond donors (Lipinski definition) is 3. The predicted octanol–water partition coefficient (Wildman–Crippen LogP) is 2.97. The maximum atomic E-state index is 13.7. The lowest BCUT2D eigenvalue weighted by Crippen LogP contribution is -2.36. The summed E-state index contributed by atoms with van der Waals surface area (Å²) in [6.07, 6.45) is 3.67. The first-order valence-electron chi connectivity index (χ1n) is 12.8. The van der Waals surface area contributed by atoms with Crippen molar-refractivity contribution in [2.75, 3.05) is 40.4 Å². The van der Waals surface area contributed by atoms with Gasteiger partial charge in [-0.1, -0.05) is 0 Å². The second kappa shape index (κ2) is 9.92. The first-order valence-corrected chi connectivity index (χ1v) is 14.4. The zero-order valence-electron chi connectivity index (χ0n) is 20.8. The van der Waals surface area contributed by atoms with E-state index in [0.717, 1.165) is 17.5 Å². The number of aliphatic hydroxyl groups excluding tert-OH is 1. The van der Waals surface area contributed by atoms with Crippen LogP contribution in [-0.2, 0) is 10.0 Å². The molecule has 1 aromatic heterocycles. The lowest BCUT2D eigenvalue weighted by atomic mass is 9.93. The number of aliphatic hydroxyl groups is 1. The Morgan fingerprint density at radius 1 is 1.11 bits per heavy atom. The zero-order valence-corrected chi connectivity index (χ0v) is 21.6. The van der Waals surface area contributed by atoms with Crippen molar-refractivity contribution in [2.45, 2.75) is 56.9 Å². The molecule has 2 aromatic rings. The van der Waals surface area contributed by atoms with Crippen LogP contribution in [0.1, 0.15) is 61.3 Å². The summed E-state index contributed by atoms with van der Waals surface area (Å²) in [5.74, 6) is -3.77. The molecule has 1 amide bonds. The Morgan fingerprint density at radius 2 is 1.84 bits per heavy atom. The van der Waals surface area contributed by atoms with Crippen molar-refractivity contribution in [1.82, 2.24) is 9.78 Å². The molecule has 1 aromatic carbocycles. The molecule has 10 nitrogen and oxygen atoms in total. The number of rotatable bonds is 8. The monoisotopic (exact) mass is 551 g/mol. The largest absolute Gasteiger partial charge is 0.395 e. The number of aromatic nitrogens is 2. The van der Waals surface area contributed by atoms with Crippen molar-refractivity contribution in [3.05, 3.63) is 46.2 Å². The highest BCUT2D eigenvalue weighted by Gasteiger charge is 2.45. The van der Waals surface area contributed by atoms with Crippen molar-refractivity contribution in [3.63, 3.8) is 0 Å². The van der Waals surface area contributed by atoms with Gasteiger partial charge in [-0.3, -0.25) is 14.3 Å². The Balaban J connectivity index is 1.40. The van der Waals surface area contributed by atoms with E-state index in [2.05, 4.69) is 20.0 Å². The minimum absolute atomic E-state index is 0.0547. The van der Waals surface area contributed by atoms with Gasteiger partial charge in [0, 0.05) is 32.0 Å². The van der Waals surface area contributed by atoms with Gasteiger partial charge in [0.2, 0.25) is 15.9 Å². The number of anilines is 3. The van der Waals surface area contributed by atoms with E-state index in [9.17, 15) is 26.8 Å². The van der Waals surface area contributed by atoms with E-state index in [1.807, 2.05) is 0 Å². The Hall–Kier alpha value is -3.06. The molecule has 3 N–H and O–H groups in total. The van der Waals surface area contributed by atoms with Gasteiger partial charge in [-0.15, -0.1) is 0 Å². The van der Waals surface area contributed by atoms with Gasteiger partial charge in [0.15, 0.2) is 5.82 Å². The summed E-state index contributed by atoms with van der Waals surface area (Å²) in [6, 6.07) is 6.35. The number of benzene rings is 1. The van der Waals surface area contributed by atoms with Crippen LogP contribution < -0.4 is 20.5 Å². The third-order valence-electron chi connectivity index (χ3n) is 7.79. The number of nitrogens with one attached hydrogen (secondary N) is 2. The van der Waals surface area contributed by atoms with Gasteiger partial charge in [0.1, 0.15) is 0 Å². The number of piperidine rings is 1. The van der Waals surface area contributed by atoms with Gasteiger partial charge in [0.05, 0.1) is 35.3 Å². The van der Waals surface area contributed by atoms with Crippen LogP contribution in [0, 0.1) is 5.41 Å². The van der Waals surface area contributed by atoms with E-state index in [1.54, 1.807) is 6.07 Å². The average molecular weight is 552 g/mol. The molecule has 1 unspecified atom stereocenters. The molecule has 2 heterocycles.